The number of hydrogen-bond acceptors (Lipinski definition) is 4. The molecule has 19 heavy (non-hydrogen) atoms. The van der Waals surface area contributed by atoms with Crippen LogP contribution in [0.25, 0.3) is 10.1 Å². The highest BCUT2D eigenvalue weighted by molar-refractivity contribution is 7.89. The van der Waals surface area contributed by atoms with E-state index in [9.17, 15) is 8.42 Å². The van der Waals surface area contributed by atoms with E-state index in [0.29, 0.717) is 18.0 Å². The van der Waals surface area contributed by atoms with E-state index >= 15 is 0 Å². The monoisotopic (exact) mass is 318 g/mol. The molecule has 2 heterocycles. The standard InChI is InChI=1S/C12H14N2O2S2.ClH/c15-18(16,14-7-5-13-6-8-14)12-9-17-11-4-2-1-3-10(11)12;/h1-4,9,13H,5-8H2;1H. The highest BCUT2D eigenvalue weighted by atomic mass is 35.5. The maximum absolute atomic E-state index is 12.6. The molecule has 1 fully saturated rings. The first-order valence-corrected chi connectivity index (χ1v) is 8.19. The van der Waals surface area contributed by atoms with E-state index in [1.165, 1.54) is 11.3 Å². The zero-order chi connectivity index (χ0) is 12.6. The molecule has 0 atom stereocenters. The van der Waals surface area contributed by atoms with Crippen LogP contribution in [-0.2, 0) is 10.0 Å². The molecule has 7 heteroatoms. The third-order valence-corrected chi connectivity index (χ3v) is 6.19. The lowest BCUT2D eigenvalue weighted by molar-refractivity contribution is 0.360. The van der Waals surface area contributed by atoms with Gasteiger partial charge in [0.25, 0.3) is 0 Å². The number of halogens is 1. The van der Waals surface area contributed by atoms with Gasteiger partial charge in [0.2, 0.25) is 10.0 Å². The Morgan fingerprint density at radius 2 is 1.84 bits per heavy atom. The first-order chi connectivity index (χ1) is 8.69. The summed E-state index contributed by atoms with van der Waals surface area (Å²) in [6, 6.07) is 7.64. The van der Waals surface area contributed by atoms with Gasteiger partial charge in [-0.1, -0.05) is 18.2 Å². The van der Waals surface area contributed by atoms with E-state index in [-0.39, 0.29) is 12.4 Å². The molecule has 3 rings (SSSR count). The van der Waals surface area contributed by atoms with Crippen molar-refractivity contribution in [2.75, 3.05) is 26.2 Å². The maximum atomic E-state index is 12.6. The van der Waals surface area contributed by atoms with Gasteiger partial charge in [-0.05, 0) is 6.07 Å². The van der Waals surface area contributed by atoms with Gasteiger partial charge in [-0.2, -0.15) is 4.31 Å². The molecule has 1 aliphatic rings. The Morgan fingerprint density at radius 3 is 2.58 bits per heavy atom. The Kier molecular flexibility index (Phi) is 4.47. The average molecular weight is 319 g/mol. The molecule has 1 aromatic carbocycles. The van der Waals surface area contributed by atoms with Crippen molar-refractivity contribution in [3.8, 4) is 0 Å². The summed E-state index contributed by atoms with van der Waals surface area (Å²) in [6.45, 7) is 2.54. The Morgan fingerprint density at radius 1 is 1.16 bits per heavy atom. The third kappa shape index (κ3) is 2.64. The molecule has 2 aromatic rings. The van der Waals surface area contributed by atoms with Crippen molar-refractivity contribution in [3.63, 3.8) is 0 Å². The summed E-state index contributed by atoms with van der Waals surface area (Å²) in [4.78, 5) is 0.449. The van der Waals surface area contributed by atoms with Gasteiger partial charge in [0.05, 0.1) is 0 Å². The van der Waals surface area contributed by atoms with Crippen molar-refractivity contribution >= 4 is 43.9 Å². The van der Waals surface area contributed by atoms with E-state index in [4.69, 9.17) is 0 Å². The molecule has 0 aliphatic carbocycles. The van der Waals surface area contributed by atoms with Gasteiger partial charge in [0, 0.05) is 41.6 Å². The van der Waals surface area contributed by atoms with Crippen LogP contribution < -0.4 is 5.32 Å². The van der Waals surface area contributed by atoms with Gasteiger partial charge in [-0.3, -0.25) is 0 Å². The van der Waals surface area contributed by atoms with E-state index in [0.717, 1.165) is 23.2 Å². The van der Waals surface area contributed by atoms with Crippen molar-refractivity contribution in [2.45, 2.75) is 4.90 Å². The summed E-state index contributed by atoms with van der Waals surface area (Å²) in [5.74, 6) is 0. The second-order valence-electron chi connectivity index (χ2n) is 4.25. The Balaban J connectivity index is 0.00000133. The van der Waals surface area contributed by atoms with Crippen LogP contribution in [0.15, 0.2) is 34.5 Å². The number of nitrogens with zero attached hydrogens (tertiary/aromatic N) is 1. The first kappa shape index (κ1) is 14.7. The molecule has 1 aliphatic heterocycles. The van der Waals surface area contributed by atoms with E-state index in [1.807, 2.05) is 24.3 Å². The lowest BCUT2D eigenvalue weighted by Crippen LogP contribution is -2.46. The molecule has 1 N–H and O–H groups in total. The lowest BCUT2D eigenvalue weighted by atomic mass is 10.3. The SMILES string of the molecule is Cl.O=S(=O)(c1csc2ccccc12)N1CCNCC1. The molecule has 1 aromatic heterocycles. The first-order valence-electron chi connectivity index (χ1n) is 5.87. The summed E-state index contributed by atoms with van der Waals surface area (Å²) in [5, 5.41) is 5.75. The summed E-state index contributed by atoms with van der Waals surface area (Å²) < 4.78 is 27.7. The summed E-state index contributed by atoms with van der Waals surface area (Å²) in [7, 11) is -3.34. The van der Waals surface area contributed by atoms with Crippen molar-refractivity contribution in [2.24, 2.45) is 0 Å². The van der Waals surface area contributed by atoms with E-state index in [2.05, 4.69) is 5.32 Å². The summed E-state index contributed by atoms with van der Waals surface area (Å²) in [5.41, 5.74) is 0. The quantitative estimate of drug-likeness (QED) is 0.920. The molecule has 1 saturated heterocycles. The highest BCUT2D eigenvalue weighted by Crippen LogP contribution is 2.31. The van der Waals surface area contributed by atoms with Crippen LogP contribution in [0.5, 0.6) is 0 Å². The molecular weight excluding hydrogens is 304 g/mol. The van der Waals surface area contributed by atoms with Crippen molar-refractivity contribution in [3.05, 3.63) is 29.6 Å². The number of sulfonamides is 1. The number of hydrogen-bond donors (Lipinski definition) is 1. The van der Waals surface area contributed by atoms with Gasteiger partial charge < -0.3 is 5.32 Å². The number of thiophene rings is 1. The molecular formula is C12H15ClN2O2S2. The zero-order valence-corrected chi connectivity index (χ0v) is 12.7. The minimum atomic E-state index is -3.34. The fourth-order valence-corrected chi connectivity index (χ4v) is 5.09. The Bertz CT molecular complexity index is 663. The van der Waals surface area contributed by atoms with Gasteiger partial charge >= 0.3 is 0 Å². The second-order valence-corrected chi connectivity index (χ2v) is 7.07. The van der Waals surface area contributed by atoms with Crippen molar-refractivity contribution in [1.82, 2.24) is 9.62 Å². The van der Waals surface area contributed by atoms with Crippen LogP contribution in [0.1, 0.15) is 0 Å². The van der Waals surface area contributed by atoms with Gasteiger partial charge in [-0.15, -0.1) is 23.7 Å². The molecule has 0 unspecified atom stereocenters. The minimum Gasteiger partial charge on any atom is -0.314 e. The van der Waals surface area contributed by atoms with Crippen LogP contribution in [0, 0.1) is 0 Å². The number of benzene rings is 1. The number of fused-ring (bicyclic) bond motifs is 1. The molecule has 0 saturated carbocycles. The van der Waals surface area contributed by atoms with Crippen LogP contribution in [-0.4, -0.2) is 38.9 Å². The maximum Gasteiger partial charge on any atom is 0.244 e. The van der Waals surface area contributed by atoms with Gasteiger partial charge in [0.15, 0.2) is 0 Å². The van der Waals surface area contributed by atoms with Crippen LogP contribution in [0.4, 0.5) is 0 Å². The lowest BCUT2D eigenvalue weighted by Gasteiger charge is -2.26. The van der Waals surface area contributed by atoms with Crippen LogP contribution >= 0.6 is 23.7 Å². The molecule has 4 nitrogen and oxygen atoms in total. The zero-order valence-electron chi connectivity index (χ0n) is 10.2. The molecule has 0 radical (unpaired) electrons. The van der Waals surface area contributed by atoms with Crippen molar-refractivity contribution < 1.29 is 8.42 Å². The average Bonchev–Trinajstić information content (AvgIpc) is 2.84. The number of piperazine rings is 1. The minimum absolute atomic E-state index is 0. The Hall–Kier alpha value is -0.660. The third-order valence-electron chi connectivity index (χ3n) is 3.14. The fourth-order valence-electron chi connectivity index (χ4n) is 2.18. The molecule has 0 amide bonds. The molecule has 0 bridgehead atoms. The highest BCUT2D eigenvalue weighted by Gasteiger charge is 2.28. The smallest absolute Gasteiger partial charge is 0.244 e. The fraction of sp³-hybridized carbons (Fsp3) is 0.333. The van der Waals surface area contributed by atoms with Crippen molar-refractivity contribution in [1.29, 1.82) is 0 Å². The van der Waals surface area contributed by atoms with Crippen LogP contribution in [0.2, 0.25) is 0 Å². The number of rotatable bonds is 2. The van der Waals surface area contributed by atoms with Crippen LogP contribution in [0.3, 0.4) is 0 Å². The summed E-state index contributed by atoms with van der Waals surface area (Å²) in [6.07, 6.45) is 0. The molecule has 104 valence electrons. The molecule has 0 spiro atoms. The number of nitrogens with one attached hydrogen (secondary N) is 1. The van der Waals surface area contributed by atoms with Gasteiger partial charge in [0.1, 0.15) is 4.90 Å². The van der Waals surface area contributed by atoms with Gasteiger partial charge in [-0.25, -0.2) is 8.42 Å². The topological polar surface area (TPSA) is 49.4 Å². The predicted molar refractivity (Wildman–Crippen MR) is 80.7 cm³/mol. The largest absolute Gasteiger partial charge is 0.314 e. The summed E-state index contributed by atoms with van der Waals surface area (Å²) >= 11 is 1.48. The second kappa shape index (κ2) is 5.76. The Labute approximate surface area is 122 Å². The predicted octanol–water partition coefficient (Wildman–Crippen LogP) is 1.92. The van der Waals surface area contributed by atoms with E-state index in [1.54, 1.807) is 9.69 Å². The van der Waals surface area contributed by atoms with E-state index < -0.39 is 10.0 Å². The normalized spacial score (nSPS) is 17.3.